The summed E-state index contributed by atoms with van der Waals surface area (Å²) in [6.45, 7) is 9.75. The Morgan fingerprint density at radius 1 is 1.33 bits per heavy atom. The van der Waals surface area contributed by atoms with Crippen molar-refractivity contribution in [3.05, 3.63) is 12.2 Å². The van der Waals surface area contributed by atoms with Crippen molar-refractivity contribution >= 4 is 0 Å². The van der Waals surface area contributed by atoms with Gasteiger partial charge in [0.15, 0.2) is 0 Å². The Labute approximate surface area is 94.3 Å². The van der Waals surface area contributed by atoms with Crippen molar-refractivity contribution in [2.24, 2.45) is 11.5 Å². The van der Waals surface area contributed by atoms with Gasteiger partial charge in [-0.15, -0.1) is 0 Å². The predicted molar refractivity (Wildman–Crippen MR) is 67.8 cm³/mol. The summed E-state index contributed by atoms with van der Waals surface area (Å²) in [7, 11) is 0. The van der Waals surface area contributed by atoms with Crippen LogP contribution < -0.4 is 16.8 Å². The Balaban J connectivity index is 4.47. The van der Waals surface area contributed by atoms with Gasteiger partial charge in [0.25, 0.3) is 0 Å². The molecular weight excluding hydrogens is 186 g/mol. The topological polar surface area (TPSA) is 64.1 Å². The molecule has 0 aromatic carbocycles. The maximum atomic E-state index is 5.97. The van der Waals surface area contributed by atoms with Gasteiger partial charge in [-0.25, -0.2) is 0 Å². The molecule has 0 aliphatic rings. The minimum absolute atomic E-state index is 0.0140. The van der Waals surface area contributed by atoms with E-state index in [1.165, 1.54) is 0 Å². The van der Waals surface area contributed by atoms with E-state index in [9.17, 15) is 0 Å². The molecule has 3 heteroatoms. The van der Waals surface area contributed by atoms with Crippen molar-refractivity contribution in [2.75, 3.05) is 13.1 Å². The van der Waals surface area contributed by atoms with E-state index in [0.29, 0.717) is 6.54 Å². The highest BCUT2D eigenvalue weighted by Gasteiger charge is 2.25. The standard InChI is InChI=1S/C12H27N3/c1-5-7-12(6-2,8-9-13)15-10-11(3,4)14/h5,7,15H,6,8-10,13-14H2,1-4H3. The predicted octanol–water partition coefficient (Wildman–Crippen LogP) is 1.39. The summed E-state index contributed by atoms with van der Waals surface area (Å²) in [5.74, 6) is 0. The summed E-state index contributed by atoms with van der Waals surface area (Å²) < 4.78 is 0. The zero-order chi connectivity index (χ0) is 11.9. The lowest BCUT2D eigenvalue weighted by Gasteiger charge is -2.34. The highest BCUT2D eigenvalue weighted by molar-refractivity contribution is 5.06. The van der Waals surface area contributed by atoms with Gasteiger partial charge in [0.2, 0.25) is 0 Å². The summed E-state index contributed by atoms with van der Waals surface area (Å²) in [5.41, 5.74) is 11.5. The van der Waals surface area contributed by atoms with Gasteiger partial charge >= 0.3 is 0 Å². The van der Waals surface area contributed by atoms with E-state index in [1.54, 1.807) is 0 Å². The van der Waals surface area contributed by atoms with Crippen molar-refractivity contribution in [3.63, 3.8) is 0 Å². The Morgan fingerprint density at radius 3 is 2.27 bits per heavy atom. The van der Waals surface area contributed by atoms with E-state index in [2.05, 4.69) is 24.4 Å². The Morgan fingerprint density at radius 2 is 1.93 bits per heavy atom. The second-order valence-electron chi connectivity index (χ2n) is 4.89. The fraction of sp³-hybridized carbons (Fsp3) is 0.833. The van der Waals surface area contributed by atoms with Crippen molar-refractivity contribution in [1.29, 1.82) is 0 Å². The zero-order valence-corrected chi connectivity index (χ0v) is 10.6. The SMILES string of the molecule is CC=CC(CC)(CCN)NCC(C)(C)N. The molecule has 15 heavy (non-hydrogen) atoms. The summed E-state index contributed by atoms with van der Waals surface area (Å²) in [6.07, 6.45) is 6.26. The first-order chi connectivity index (χ1) is 6.89. The fourth-order valence-corrected chi connectivity index (χ4v) is 1.63. The molecule has 0 aliphatic carbocycles. The molecular formula is C12H27N3. The average molecular weight is 213 g/mol. The molecule has 0 aromatic rings. The number of nitrogens with two attached hydrogens (primary N) is 2. The molecule has 5 N–H and O–H groups in total. The molecule has 0 saturated carbocycles. The molecule has 0 rings (SSSR count). The van der Waals surface area contributed by atoms with Crippen LogP contribution >= 0.6 is 0 Å². The van der Waals surface area contributed by atoms with E-state index < -0.39 is 0 Å². The summed E-state index contributed by atoms with van der Waals surface area (Å²) in [6, 6.07) is 0. The lowest BCUT2D eigenvalue weighted by atomic mass is 9.90. The third-order valence-corrected chi connectivity index (χ3v) is 2.60. The molecule has 0 saturated heterocycles. The normalized spacial score (nSPS) is 16.9. The second kappa shape index (κ2) is 6.26. The number of hydrogen-bond acceptors (Lipinski definition) is 3. The van der Waals surface area contributed by atoms with Crippen LogP contribution in [0.15, 0.2) is 12.2 Å². The highest BCUT2D eigenvalue weighted by atomic mass is 15.0. The Bertz CT molecular complexity index is 194. The lowest BCUT2D eigenvalue weighted by molar-refractivity contribution is 0.327. The summed E-state index contributed by atoms with van der Waals surface area (Å²) >= 11 is 0. The van der Waals surface area contributed by atoms with E-state index in [0.717, 1.165) is 19.4 Å². The quantitative estimate of drug-likeness (QED) is 0.560. The van der Waals surface area contributed by atoms with Crippen LogP contribution in [0.3, 0.4) is 0 Å². The van der Waals surface area contributed by atoms with Crippen LogP contribution in [0.2, 0.25) is 0 Å². The van der Waals surface area contributed by atoms with Gasteiger partial charge in [0, 0.05) is 17.6 Å². The highest BCUT2D eigenvalue weighted by Crippen LogP contribution is 2.17. The molecule has 0 fully saturated rings. The van der Waals surface area contributed by atoms with Crippen molar-refractivity contribution < 1.29 is 0 Å². The first kappa shape index (κ1) is 14.6. The van der Waals surface area contributed by atoms with Gasteiger partial charge in [-0.2, -0.15) is 0 Å². The number of rotatable bonds is 7. The van der Waals surface area contributed by atoms with E-state index in [4.69, 9.17) is 11.5 Å². The van der Waals surface area contributed by atoms with E-state index >= 15 is 0 Å². The van der Waals surface area contributed by atoms with Crippen LogP contribution in [0, 0.1) is 0 Å². The smallest absolute Gasteiger partial charge is 0.0374 e. The molecule has 0 aliphatic heterocycles. The molecule has 1 atom stereocenters. The van der Waals surface area contributed by atoms with Gasteiger partial charge in [-0.05, 0) is 40.2 Å². The van der Waals surface area contributed by atoms with Crippen LogP contribution in [0.5, 0.6) is 0 Å². The first-order valence-corrected chi connectivity index (χ1v) is 5.77. The first-order valence-electron chi connectivity index (χ1n) is 5.77. The Hall–Kier alpha value is -0.380. The monoisotopic (exact) mass is 213 g/mol. The van der Waals surface area contributed by atoms with Crippen molar-refractivity contribution in [1.82, 2.24) is 5.32 Å². The molecule has 0 amide bonds. The molecule has 90 valence electrons. The molecule has 0 spiro atoms. The molecule has 0 bridgehead atoms. The van der Waals surface area contributed by atoms with Crippen molar-refractivity contribution in [3.8, 4) is 0 Å². The van der Waals surface area contributed by atoms with Crippen molar-refractivity contribution in [2.45, 2.75) is 51.6 Å². The Kier molecular flexibility index (Phi) is 6.10. The summed E-state index contributed by atoms with van der Waals surface area (Å²) in [4.78, 5) is 0. The third kappa shape index (κ3) is 5.92. The van der Waals surface area contributed by atoms with Crippen LogP contribution in [0.25, 0.3) is 0 Å². The molecule has 3 nitrogen and oxygen atoms in total. The summed E-state index contributed by atoms with van der Waals surface area (Å²) in [5, 5.41) is 3.53. The number of allylic oxidation sites excluding steroid dienone is 1. The van der Waals surface area contributed by atoms with Gasteiger partial charge in [0.1, 0.15) is 0 Å². The number of nitrogens with one attached hydrogen (secondary N) is 1. The molecule has 0 aromatic heterocycles. The average Bonchev–Trinajstić information content (AvgIpc) is 2.14. The fourth-order valence-electron chi connectivity index (χ4n) is 1.63. The molecule has 1 unspecified atom stereocenters. The maximum Gasteiger partial charge on any atom is 0.0374 e. The molecule has 0 heterocycles. The van der Waals surface area contributed by atoms with Crippen LogP contribution in [0.1, 0.15) is 40.5 Å². The third-order valence-electron chi connectivity index (χ3n) is 2.60. The maximum absolute atomic E-state index is 5.97. The van der Waals surface area contributed by atoms with Gasteiger partial charge in [-0.1, -0.05) is 19.1 Å². The van der Waals surface area contributed by atoms with Gasteiger partial charge in [0.05, 0.1) is 0 Å². The largest absolute Gasteiger partial charge is 0.330 e. The van der Waals surface area contributed by atoms with Crippen LogP contribution in [0.4, 0.5) is 0 Å². The van der Waals surface area contributed by atoms with Gasteiger partial charge in [-0.3, -0.25) is 0 Å². The van der Waals surface area contributed by atoms with E-state index in [1.807, 2.05) is 20.8 Å². The van der Waals surface area contributed by atoms with E-state index in [-0.39, 0.29) is 11.1 Å². The molecule has 0 radical (unpaired) electrons. The van der Waals surface area contributed by atoms with Crippen LogP contribution in [-0.2, 0) is 0 Å². The minimum atomic E-state index is -0.184. The van der Waals surface area contributed by atoms with Crippen LogP contribution in [-0.4, -0.2) is 24.2 Å². The zero-order valence-electron chi connectivity index (χ0n) is 10.6. The number of hydrogen-bond donors (Lipinski definition) is 3. The van der Waals surface area contributed by atoms with Gasteiger partial charge < -0.3 is 16.8 Å². The minimum Gasteiger partial charge on any atom is -0.330 e. The second-order valence-corrected chi connectivity index (χ2v) is 4.89. The lowest BCUT2D eigenvalue weighted by Crippen LogP contribution is -2.53.